The van der Waals surface area contributed by atoms with E-state index >= 15 is 0 Å². The molecule has 0 heterocycles. The largest absolute Gasteiger partial charge is 0.497 e. The first kappa shape index (κ1) is 27.6. The summed E-state index contributed by atoms with van der Waals surface area (Å²) >= 11 is 12.4. The van der Waals surface area contributed by atoms with Gasteiger partial charge in [0.05, 0.1) is 23.6 Å². The lowest BCUT2D eigenvalue weighted by molar-refractivity contribution is -0.140. The first-order chi connectivity index (χ1) is 17.4. The normalized spacial score (nSPS) is 11.6. The van der Waals surface area contributed by atoms with E-state index in [0.717, 1.165) is 35.3 Å². The smallest absolute Gasteiger partial charge is 0.243 e. The molecule has 0 fully saturated rings. The number of unbranched alkanes of at least 4 members (excludes halogenated alkanes) is 1. The Morgan fingerprint density at radius 3 is 2.25 bits per heavy atom. The SMILES string of the molecule is CCCCNC(=O)[C@@H](Cc1ccccc1)N(Cc1ccc(Cl)c(Cl)c1)C(=O)Cc1ccc(OC)cc1. The van der Waals surface area contributed by atoms with Crippen molar-refractivity contribution in [2.24, 2.45) is 0 Å². The van der Waals surface area contributed by atoms with Crippen LogP contribution in [0.25, 0.3) is 0 Å². The van der Waals surface area contributed by atoms with E-state index in [1.165, 1.54) is 0 Å². The molecule has 1 atom stereocenters. The predicted octanol–water partition coefficient (Wildman–Crippen LogP) is 6.10. The number of benzene rings is 3. The topological polar surface area (TPSA) is 58.6 Å². The predicted molar refractivity (Wildman–Crippen MR) is 146 cm³/mol. The molecule has 3 rings (SSSR count). The molecule has 3 aromatic rings. The van der Waals surface area contributed by atoms with Crippen molar-refractivity contribution < 1.29 is 14.3 Å². The molecule has 0 aliphatic rings. The maximum atomic E-state index is 13.7. The van der Waals surface area contributed by atoms with E-state index in [2.05, 4.69) is 12.2 Å². The Morgan fingerprint density at radius 2 is 1.61 bits per heavy atom. The Morgan fingerprint density at radius 1 is 0.917 bits per heavy atom. The zero-order valence-electron chi connectivity index (χ0n) is 20.7. The number of rotatable bonds is 12. The highest BCUT2D eigenvalue weighted by Crippen LogP contribution is 2.25. The van der Waals surface area contributed by atoms with Gasteiger partial charge in [0, 0.05) is 19.5 Å². The Balaban J connectivity index is 1.94. The summed E-state index contributed by atoms with van der Waals surface area (Å²) in [4.78, 5) is 28.8. The van der Waals surface area contributed by atoms with Crippen LogP contribution in [0.5, 0.6) is 5.75 Å². The van der Waals surface area contributed by atoms with E-state index in [9.17, 15) is 9.59 Å². The lowest BCUT2D eigenvalue weighted by atomic mass is 10.0. The number of halogens is 2. The van der Waals surface area contributed by atoms with E-state index in [4.69, 9.17) is 27.9 Å². The molecule has 0 spiro atoms. The molecule has 1 N–H and O–H groups in total. The summed E-state index contributed by atoms with van der Waals surface area (Å²) < 4.78 is 5.23. The highest BCUT2D eigenvalue weighted by molar-refractivity contribution is 6.42. The van der Waals surface area contributed by atoms with E-state index in [1.54, 1.807) is 24.1 Å². The molecule has 0 aromatic heterocycles. The fourth-order valence-electron chi connectivity index (χ4n) is 3.91. The number of carbonyl (C=O) groups is 2. The third kappa shape index (κ3) is 8.00. The molecule has 36 heavy (non-hydrogen) atoms. The molecule has 0 saturated heterocycles. The number of hydrogen-bond acceptors (Lipinski definition) is 3. The van der Waals surface area contributed by atoms with Crippen LogP contribution in [-0.2, 0) is 29.0 Å². The van der Waals surface area contributed by atoms with Crippen molar-refractivity contribution in [2.75, 3.05) is 13.7 Å². The highest BCUT2D eigenvalue weighted by atomic mass is 35.5. The van der Waals surface area contributed by atoms with Crippen LogP contribution < -0.4 is 10.1 Å². The second-order valence-electron chi connectivity index (χ2n) is 8.65. The minimum atomic E-state index is -0.690. The fraction of sp³-hybridized carbons (Fsp3) is 0.310. The summed E-state index contributed by atoms with van der Waals surface area (Å²) in [6.07, 6.45) is 2.39. The molecule has 5 nitrogen and oxygen atoms in total. The van der Waals surface area contributed by atoms with Crippen molar-refractivity contribution in [1.82, 2.24) is 10.2 Å². The third-order valence-electron chi connectivity index (χ3n) is 5.95. The molecular weight excluding hydrogens is 495 g/mol. The summed E-state index contributed by atoms with van der Waals surface area (Å²) in [7, 11) is 1.60. The molecule has 0 aliphatic carbocycles. The molecule has 2 amide bonds. The van der Waals surface area contributed by atoms with Crippen LogP contribution in [0.2, 0.25) is 10.0 Å². The molecular formula is C29H32Cl2N2O3. The summed E-state index contributed by atoms with van der Waals surface area (Å²) in [6, 6.07) is 21.7. The lowest BCUT2D eigenvalue weighted by Crippen LogP contribution is -2.51. The molecule has 190 valence electrons. The van der Waals surface area contributed by atoms with Gasteiger partial charge in [0.25, 0.3) is 0 Å². The van der Waals surface area contributed by atoms with Gasteiger partial charge in [-0.2, -0.15) is 0 Å². The van der Waals surface area contributed by atoms with Crippen LogP contribution in [-0.4, -0.2) is 36.4 Å². The number of methoxy groups -OCH3 is 1. The minimum absolute atomic E-state index is 0.152. The molecule has 0 saturated carbocycles. The second-order valence-corrected chi connectivity index (χ2v) is 9.46. The lowest BCUT2D eigenvalue weighted by Gasteiger charge is -2.32. The number of hydrogen-bond donors (Lipinski definition) is 1. The van der Waals surface area contributed by atoms with Crippen LogP contribution in [0.15, 0.2) is 72.8 Å². The Hall–Kier alpha value is -3.02. The van der Waals surface area contributed by atoms with Crippen molar-refractivity contribution in [3.63, 3.8) is 0 Å². The molecule has 0 aliphatic heterocycles. The zero-order chi connectivity index (χ0) is 25.9. The van der Waals surface area contributed by atoms with Gasteiger partial charge in [-0.05, 0) is 47.4 Å². The van der Waals surface area contributed by atoms with Gasteiger partial charge in [0.15, 0.2) is 0 Å². The van der Waals surface area contributed by atoms with Gasteiger partial charge in [-0.3, -0.25) is 9.59 Å². The Labute approximate surface area is 223 Å². The average Bonchev–Trinajstić information content (AvgIpc) is 2.89. The van der Waals surface area contributed by atoms with Crippen LogP contribution in [0, 0.1) is 0 Å². The Kier molecular flexibility index (Phi) is 10.6. The fourth-order valence-corrected chi connectivity index (χ4v) is 4.24. The van der Waals surface area contributed by atoms with Crippen LogP contribution in [0.3, 0.4) is 0 Å². The molecule has 0 unspecified atom stereocenters. The minimum Gasteiger partial charge on any atom is -0.497 e. The first-order valence-corrected chi connectivity index (χ1v) is 12.8. The maximum absolute atomic E-state index is 13.7. The van der Waals surface area contributed by atoms with E-state index in [0.29, 0.717) is 23.0 Å². The van der Waals surface area contributed by atoms with Crippen molar-refractivity contribution in [3.8, 4) is 5.75 Å². The monoisotopic (exact) mass is 526 g/mol. The standard InChI is InChI=1S/C29H32Cl2N2O3/c1-3-4-16-32-29(35)27(18-21-8-6-5-7-9-21)33(20-23-12-15-25(30)26(31)17-23)28(34)19-22-10-13-24(36-2)14-11-22/h5-15,17,27H,3-4,16,18-20H2,1-2H3,(H,32,35)/t27-/m1/s1. The van der Waals surface area contributed by atoms with Crippen molar-refractivity contribution in [3.05, 3.63) is 99.5 Å². The Bertz CT molecular complexity index is 1140. The van der Waals surface area contributed by atoms with Crippen molar-refractivity contribution >= 4 is 35.0 Å². The van der Waals surface area contributed by atoms with Gasteiger partial charge in [-0.1, -0.05) is 85.1 Å². The number of nitrogens with one attached hydrogen (secondary N) is 1. The van der Waals surface area contributed by atoms with Gasteiger partial charge in [-0.25, -0.2) is 0 Å². The van der Waals surface area contributed by atoms with E-state index in [1.807, 2.05) is 60.7 Å². The number of carbonyl (C=O) groups excluding carboxylic acids is 2. The molecule has 7 heteroatoms. The summed E-state index contributed by atoms with van der Waals surface area (Å²) in [5.74, 6) is 0.393. The quantitative estimate of drug-likeness (QED) is 0.290. The summed E-state index contributed by atoms with van der Waals surface area (Å²) in [5.41, 5.74) is 2.61. The van der Waals surface area contributed by atoms with Gasteiger partial charge < -0.3 is 15.0 Å². The maximum Gasteiger partial charge on any atom is 0.243 e. The average molecular weight is 527 g/mol. The van der Waals surface area contributed by atoms with Crippen LogP contribution in [0.1, 0.15) is 36.5 Å². The first-order valence-electron chi connectivity index (χ1n) is 12.1. The zero-order valence-corrected chi connectivity index (χ0v) is 22.2. The van der Waals surface area contributed by atoms with Crippen molar-refractivity contribution in [2.45, 2.75) is 45.2 Å². The molecule has 3 aromatic carbocycles. The van der Waals surface area contributed by atoms with Gasteiger partial charge in [0.2, 0.25) is 11.8 Å². The van der Waals surface area contributed by atoms with E-state index in [-0.39, 0.29) is 24.8 Å². The number of nitrogens with zero attached hydrogens (tertiary/aromatic N) is 1. The molecule has 0 radical (unpaired) electrons. The van der Waals surface area contributed by atoms with E-state index < -0.39 is 6.04 Å². The second kappa shape index (κ2) is 13.9. The number of amides is 2. The third-order valence-corrected chi connectivity index (χ3v) is 6.69. The number of ether oxygens (including phenoxy) is 1. The highest BCUT2D eigenvalue weighted by Gasteiger charge is 2.30. The van der Waals surface area contributed by atoms with Crippen LogP contribution in [0.4, 0.5) is 0 Å². The molecule has 0 bridgehead atoms. The van der Waals surface area contributed by atoms with Gasteiger partial charge in [-0.15, -0.1) is 0 Å². The summed E-state index contributed by atoms with van der Waals surface area (Å²) in [5, 5.41) is 3.87. The summed E-state index contributed by atoms with van der Waals surface area (Å²) in [6.45, 7) is 2.86. The van der Waals surface area contributed by atoms with Gasteiger partial charge >= 0.3 is 0 Å². The van der Waals surface area contributed by atoms with Gasteiger partial charge in [0.1, 0.15) is 11.8 Å². The van der Waals surface area contributed by atoms with Crippen LogP contribution >= 0.6 is 23.2 Å². The van der Waals surface area contributed by atoms with Crippen molar-refractivity contribution in [1.29, 1.82) is 0 Å².